The molecule has 2 aromatic heterocycles. The average Bonchev–Trinajstić information content (AvgIpc) is 3.00. The van der Waals surface area contributed by atoms with Crippen LogP contribution in [-0.4, -0.2) is 62.5 Å². The Balaban J connectivity index is 1.85. The fourth-order valence-electron chi connectivity index (χ4n) is 3.04. The van der Waals surface area contributed by atoms with Gasteiger partial charge in [0.05, 0.1) is 11.3 Å². The number of carbonyl (C=O) groups excluding carboxylic acids is 1. The maximum Gasteiger partial charge on any atom is 0.257 e. The van der Waals surface area contributed by atoms with Crippen molar-refractivity contribution in [1.29, 1.82) is 0 Å². The van der Waals surface area contributed by atoms with Gasteiger partial charge in [0.15, 0.2) is 5.82 Å². The molecule has 3 rings (SSSR count). The predicted octanol–water partition coefficient (Wildman–Crippen LogP) is 1.73. The third-order valence-electron chi connectivity index (χ3n) is 4.48. The van der Waals surface area contributed by atoms with Crippen LogP contribution in [0.3, 0.4) is 0 Å². The van der Waals surface area contributed by atoms with Crippen LogP contribution in [0.1, 0.15) is 59.4 Å². The number of aryl methyl sites for hydroxylation is 2. The van der Waals surface area contributed by atoms with Gasteiger partial charge in [0, 0.05) is 25.8 Å². The Kier molecular flexibility index (Phi) is 4.80. The van der Waals surface area contributed by atoms with Crippen LogP contribution >= 0.6 is 0 Å². The molecule has 134 valence electrons. The molecule has 1 aliphatic rings. The predicted molar refractivity (Wildman–Crippen MR) is 91.2 cm³/mol. The lowest BCUT2D eigenvalue weighted by molar-refractivity contribution is 0.0486. The molecular formula is C17H24N6O2. The van der Waals surface area contributed by atoms with Crippen molar-refractivity contribution in [3.05, 3.63) is 35.0 Å². The van der Waals surface area contributed by atoms with Crippen molar-refractivity contribution in [1.82, 2.24) is 29.9 Å². The summed E-state index contributed by atoms with van der Waals surface area (Å²) in [6, 6.07) is -0.104. The molecule has 0 spiro atoms. The summed E-state index contributed by atoms with van der Waals surface area (Å²) in [5, 5.41) is 3.87. The van der Waals surface area contributed by atoms with Crippen molar-refractivity contribution in [2.24, 2.45) is 0 Å². The number of aromatic nitrogens is 4. The molecular weight excluding hydrogens is 320 g/mol. The highest BCUT2D eigenvalue weighted by atomic mass is 16.5. The molecule has 2 aromatic rings. The zero-order valence-electron chi connectivity index (χ0n) is 15.4. The normalized spacial score (nSPS) is 18.8. The second-order valence-corrected chi connectivity index (χ2v) is 6.80. The zero-order valence-corrected chi connectivity index (χ0v) is 15.4. The van der Waals surface area contributed by atoms with Gasteiger partial charge in [-0.05, 0) is 26.8 Å². The SMILES string of the molecule is Cc1noc([C@@H]2CN(C(=O)c3cnc(C)nc3C(C)C)CCN2C)n1. The molecule has 1 atom stereocenters. The van der Waals surface area contributed by atoms with E-state index in [1.54, 1.807) is 13.1 Å². The van der Waals surface area contributed by atoms with E-state index in [1.807, 2.05) is 32.7 Å². The van der Waals surface area contributed by atoms with Crippen LogP contribution in [0.2, 0.25) is 0 Å². The molecule has 0 saturated carbocycles. The molecule has 1 amide bonds. The van der Waals surface area contributed by atoms with Crippen molar-refractivity contribution in [2.75, 3.05) is 26.7 Å². The Hall–Kier alpha value is -2.35. The Bertz CT molecular complexity index is 772. The second kappa shape index (κ2) is 6.87. The smallest absolute Gasteiger partial charge is 0.257 e. The van der Waals surface area contributed by atoms with Gasteiger partial charge in [-0.3, -0.25) is 9.69 Å². The van der Waals surface area contributed by atoms with Gasteiger partial charge in [0.25, 0.3) is 5.91 Å². The molecule has 0 radical (unpaired) electrons. The number of piperazine rings is 1. The molecule has 0 unspecified atom stereocenters. The monoisotopic (exact) mass is 344 g/mol. The molecule has 0 bridgehead atoms. The fourth-order valence-corrected chi connectivity index (χ4v) is 3.04. The van der Waals surface area contributed by atoms with Crippen LogP contribution in [-0.2, 0) is 0 Å². The van der Waals surface area contributed by atoms with E-state index in [1.165, 1.54) is 0 Å². The fraction of sp³-hybridized carbons (Fsp3) is 0.588. The van der Waals surface area contributed by atoms with Gasteiger partial charge in [-0.15, -0.1) is 0 Å². The molecule has 0 N–H and O–H groups in total. The van der Waals surface area contributed by atoms with Crippen LogP contribution in [0.25, 0.3) is 0 Å². The summed E-state index contributed by atoms with van der Waals surface area (Å²) in [5.41, 5.74) is 1.37. The van der Waals surface area contributed by atoms with E-state index in [-0.39, 0.29) is 17.9 Å². The van der Waals surface area contributed by atoms with E-state index in [0.29, 0.717) is 36.2 Å². The van der Waals surface area contributed by atoms with Crippen LogP contribution in [0, 0.1) is 13.8 Å². The van der Waals surface area contributed by atoms with Crippen LogP contribution in [0.4, 0.5) is 0 Å². The summed E-state index contributed by atoms with van der Waals surface area (Å²) in [6.45, 7) is 9.58. The van der Waals surface area contributed by atoms with E-state index in [4.69, 9.17) is 4.52 Å². The Morgan fingerprint density at radius 2 is 2.00 bits per heavy atom. The summed E-state index contributed by atoms with van der Waals surface area (Å²) in [7, 11) is 2.00. The van der Waals surface area contributed by atoms with Crippen molar-refractivity contribution >= 4 is 5.91 Å². The van der Waals surface area contributed by atoms with Crippen molar-refractivity contribution in [3.63, 3.8) is 0 Å². The first-order valence-electron chi connectivity index (χ1n) is 8.50. The van der Waals surface area contributed by atoms with Gasteiger partial charge in [0.2, 0.25) is 5.89 Å². The minimum Gasteiger partial charge on any atom is -0.338 e. The summed E-state index contributed by atoms with van der Waals surface area (Å²) in [6.07, 6.45) is 1.64. The van der Waals surface area contributed by atoms with E-state index in [2.05, 4.69) is 25.0 Å². The van der Waals surface area contributed by atoms with Crippen LogP contribution in [0.15, 0.2) is 10.7 Å². The number of rotatable bonds is 3. The van der Waals surface area contributed by atoms with E-state index in [9.17, 15) is 4.79 Å². The first-order valence-corrected chi connectivity index (χ1v) is 8.50. The summed E-state index contributed by atoms with van der Waals surface area (Å²) >= 11 is 0. The highest BCUT2D eigenvalue weighted by Crippen LogP contribution is 2.25. The first-order chi connectivity index (χ1) is 11.9. The van der Waals surface area contributed by atoms with Crippen LogP contribution < -0.4 is 0 Å². The van der Waals surface area contributed by atoms with Gasteiger partial charge in [-0.25, -0.2) is 9.97 Å². The number of hydrogen-bond acceptors (Lipinski definition) is 7. The van der Waals surface area contributed by atoms with Gasteiger partial charge in [-0.2, -0.15) is 4.98 Å². The summed E-state index contributed by atoms with van der Waals surface area (Å²) in [4.78, 5) is 30.1. The van der Waals surface area contributed by atoms with E-state index < -0.39 is 0 Å². The maximum atomic E-state index is 13.1. The summed E-state index contributed by atoms with van der Waals surface area (Å²) in [5.74, 6) is 1.93. The quantitative estimate of drug-likeness (QED) is 0.838. The number of likely N-dealkylation sites (N-methyl/N-ethyl adjacent to an activating group) is 1. The molecule has 1 aliphatic heterocycles. The highest BCUT2D eigenvalue weighted by Gasteiger charge is 2.33. The maximum absolute atomic E-state index is 13.1. The Morgan fingerprint density at radius 3 is 2.64 bits per heavy atom. The lowest BCUT2D eigenvalue weighted by atomic mass is 10.0. The van der Waals surface area contributed by atoms with E-state index >= 15 is 0 Å². The number of nitrogens with zero attached hydrogens (tertiary/aromatic N) is 6. The first kappa shape index (κ1) is 17.5. The standard InChI is InChI=1S/C17H24N6O2/c1-10(2)15-13(8-18-11(3)19-15)17(24)23-7-6-22(5)14(9-23)16-20-12(4)21-25-16/h8,10,14H,6-7,9H2,1-5H3/t14-/m0/s1. The molecule has 8 nitrogen and oxygen atoms in total. The average molecular weight is 344 g/mol. The van der Waals surface area contributed by atoms with Crippen molar-refractivity contribution < 1.29 is 9.32 Å². The van der Waals surface area contributed by atoms with Crippen molar-refractivity contribution in [2.45, 2.75) is 39.7 Å². The van der Waals surface area contributed by atoms with Crippen molar-refractivity contribution in [3.8, 4) is 0 Å². The summed E-state index contributed by atoms with van der Waals surface area (Å²) < 4.78 is 5.32. The zero-order chi connectivity index (χ0) is 18.1. The molecule has 8 heteroatoms. The third-order valence-corrected chi connectivity index (χ3v) is 4.48. The van der Waals surface area contributed by atoms with Crippen LogP contribution in [0.5, 0.6) is 0 Å². The minimum absolute atomic E-state index is 0.0435. The van der Waals surface area contributed by atoms with Gasteiger partial charge in [-0.1, -0.05) is 19.0 Å². The Morgan fingerprint density at radius 1 is 1.24 bits per heavy atom. The molecule has 1 saturated heterocycles. The van der Waals surface area contributed by atoms with Gasteiger partial charge in [0.1, 0.15) is 11.9 Å². The Labute approximate surface area is 147 Å². The third kappa shape index (κ3) is 3.53. The molecule has 25 heavy (non-hydrogen) atoms. The topological polar surface area (TPSA) is 88.2 Å². The molecule has 0 aromatic carbocycles. The number of amides is 1. The largest absolute Gasteiger partial charge is 0.338 e. The molecule has 0 aliphatic carbocycles. The highest BCUT2D eigenvalue weighted by molar-refractivity contribution is 5.95. The molecule has 3 heterocycles. The number of hydrogen-bond donors (Lipinski definition) is 0. The number of carbonyl (C=O) groups is 1. The van der Waals surface area contributed by atoms with Gasteiger partial charge >= 0.3 is 0 Å². The van der Waals surface area contributed by atoms with E-state index in [0.717, 1.165) is 12.2 Å². The van der Waals surface area contributed by atoms with Gasteiger partial charge < -0.3 is 9.42 Å². The lowest BCUT2D eigenvalue weighted by Crippen LogP contribution is -2.49. The minimum atomic E-state index is -0.104. The molecule has 1 fully saturated rings. The lowest BCUT2D eigenvalue weighted by Gasteiger charge is -2.37. The second-order valence-electron chi connectivity index (χ2n) is 6.80.